The normalized spacial score (nSPS) is 11.6. The molecule has 0 fully saturated rings. The molecule has 0 radical (unpaired) electrons. The van der Waals surface area contributed by atoms with Crippen LogP contribution < -0.4 is 10.5 Å². The molecule has 2 aromatic heterocycles. The SMILES string of the molecule is CC(C)(C)OC(=O)Oc1ccc(-c2ccc3[nH]nc(N)c3c2)o1. The summed E-state index contributed by atoms with van der Waals surface area (Å²) in [6, 6.07) is 8.82. The number of nitrogens with one attached hydrogen (secondary N) is 1. The summed E-state index contributed by atoms with van der Waals surface area (Å²) in [4.78, 5) is 11.6. The van der Waals surface area contributed by atoms with Crippen LogP contribution >= 0.6 is 0 Å². The first-order chi connectivity index (χ1) is 10.8. The fourth-order valence-corrected chi connectivity index (χ4v) is 2.07. The van der Waals surface area contributed by atoms with Crippen LogP contribution in [0.15, 0.2) is 34.7 Å². The van der Waals surface area contributed by atoms with Crippen molar-refractivity contribution in [3.63, 3.8) is 0 Å². The molecule has 23 heavy (non-hydrogen) atoms. The Bertz CT molecular complexity index is 858. The molecule has 0 spiro atoms. The summed E-state index contributed by atoms with van der Waals surface area (Å²) in [6.07, 6.45) is -0.812. The van der Waals surface area contributed by atoms with Crippen molar-refractivity contribution < 1.29 is 18.7 Å². The number of ether oxygens (including phenoxy) is 2. The summed E-state index contributed by atoms with van der Waals surface area (Å²) < 4.78 is 15.6. The van der Waals surface area contributed by atoms with Crippen molar-refractivity contribution in [2.45, 2.75) is 26.4 Å². The maximum Gasteiger partial charge on any atom is 0.516 e. The molecule has 7 heteroatoms. The molecule has 0 aliphatic heterocycles. The van der Waals surface area contributed by atoms with Gasteiger partial charge in [0.1, 0.15) is 11.4 Å². The first-order valence-electron chi connectivity index (χ1n) is 7.06. The number of carbonyl (C=O) groups excluding carboxylic acids is 1. The Morgan fingerprint density at radius 1 is 1.26 bits per heavy atom. The van der Waals surface area contributed by atoms with Crippen molar-refractivity contribution in [3.05, 3.63) is 30.3 Å². The zero-order valence-corrected chi connectivity index (χ0v) is 13.0. The van der Waals surface area contributed by atoms with Crippen molar-refractivity contribution in [3.8, 4) is 17.3 Å². The number of carbonyl (C=O) groups is 1. The molecule has 3 N–H and O–H groups in total. The second-order valence-electron chi connectivity index (χ2n) is 6.05. The minimum absolute atomic E-state index is 0.0644. The van der Waals surface area contributed by atoms with E-state index in [0.29, 0.717) is 11.6 Å². The smallest absolute Gasteiger partial charge is 0.428 e. The maximum atomic E-state index is 11.6. The van der Waals surface area contributed by atoms with Gasteiger partial charge in [0.25, 0.3) is 5.95 Å². The number of hydrogen-bond donors (Lipinski definition) is 2. The minimum Gasteiger partial charge on any atom is -0.428 e. The number of aromatic nitrogens is 2. The van der Waals surface area contributed by atoms with Gasteiger partial charge in [0.2, 0.25) is 0 Å². The lowest BCUT2D eigenvalue weighted by atomic mass is 10.1. The zero-order chi connectivity index (χ0) is 16.6. The number of hydrogen-bond acceptors (Lipinski definition) is 6. The predicted octanol–water partition coefficient (Wildman–Crippen LogP) is 3.72. The van der Waals surface area contributed by atoms with E-state index in [0.717, 1.165) is 16.5 Å². The maximum absolute atomic E-state index is 11.6. The van der Waals surface area contributed by atoms with Gasteiger partial charge < -0.3 is 19.6 Å². The van der Waals surface area contributed by atoms with Crippen LogP contribution in [-0.4, -0.2) is 22.0 Å². The Hall–Kier alpha value is -2.96. The molecule has 3 rings (SSSR count). The molecule has 7 nitrogen and oxygen atoms in total. The monoisotopic (exact) mass is 315 g/mol. The lowest BCUT2D eigenvalue weighted by Crippen LogP contribution is -2.25. The number of benzene rings is 1. The first-order valence-corrected chi connectivity index (χ1v) is 7.06. The Balaban J connectivity index is 1.80. The third-order valence-corrected chi connectivity index (χ3v) is 3.03. The molecule has 0 aliphatic rings. The third kappa shape index (κ3) is 3.28. The Morgan fingerprint density at radius 3 is 2.78 bits per heavy atom. The van der Waals surface area contributed by atoms with Gasteiger partial charge in [-0.3, -0.25) is 5.10 Å². The number of furan rings is 1. The second kappa shape index (κ2) is 5.35. The summed E-state index contributed by atoms with van der Waals surface area (Å²) in [6.45, 7) is 5.27. The van der Waals surface area contributed by atoms with Crippen LogP contribution in [-0.2, 0) is 4.74 Å². The Kier molecular flexibility index (Phi) is 3.48. The lowest BCUT2D eigenvalue weighted by Gasteiger charge is -2.17. The molecule has 0 unspecified atom stereocenters. The number of anilines is 1. The number of aromatic amines is 1. The molecule has 3 aromatic rings. The molecule has 2 heterocycles. The van der Waals surface area contributed by atoms with Crippen molar-refractivity contribution in [1.82, 2.24) is 10.2 Å². The molecular weight excluding hydrogens is 298 g/mol. The number of H-pyrrole nitrogens is 1. The highest BCUT2D eigenvalue weighted by Crippen LogP contribution is 2.30. The van der Waals surface area contributed by atoms with E-state index in [1.54, 1.807) is 32.9 Å². The Morgan fingerprint density at radius 2 is 2.04 bits per heavy atom. The summed E-state index contributed by atoms with van der Waals surface area (Å²) in [5, 5.41) is 7.57. The number of fused-ring (bicyclic) bond motifs is 1. The van der Waals surface area contributed by atoms with E-state index in [2.05, 4.69) is 10.2 Å². The van der Waals surface area contributed by atoms with Crippen molar-refractivity contribution in [2.24, 2.45) is 0 Å². The fraction of sp³-hybridized carbons (Fsp3) is 0.250. The molecule has 120 valence electrons. The zero-order valence-electron chi connectivity index (χ0n) is 13.0. The first kappa shape index (κ1) is 15.0. The van der Waals surface area contributed by atoms with E-state index in [1.807, 2.05) is 18.2 Å². The standard InChI is InChI=1S/C16H17N3O4/c1-16(2,3)23-15(20)22-13-7-6-12(21-13)9-4-5-11-10(8-9)14(17)19-18-11/h4-8H,1-3H3,(H3,17,18,19). The molecule has 0 saturated carbocycles. The van der Waals surface area contributed by atoms with Crippen molar-refractivity contribution in [1.29, 1.82) is 0 Å². The summed E-state index contributed by atoms with van der Waals surface area (Å²) >= 11 is 0. The fourth-order valence-electron chi connectivity index (χ4n) is 2.07. The average molecular weight is 315 g/mol. The summed E-state index contributed by atoms with van der Waals surface area (Å²) in [5.41, 5.74) is 6.80. The van der Waals surface area contributed by atoms with E-state index in [9.17, 15) is 4.79 Å². The van der Waals surface area contributed by atoms with Gasteiger partial charge in [-0.25, -0.2) is 4.79 Å². The topological polar surface area (TPSA) is 103 Å². The van der Waals surface area contributed by atoms with Crippen LogP contribution in [0.4, 0.5) is 10.6 Å². The highest BCUT2D eigenvalue weighted by molar-refractivity contribution is 5.91. The quantitative estimate of drug-likeness (QED) is 0.698. The van der Waals surface area contributed by atoms with Gasteiger partial charge >= 0.3 is 6.16 Å². The van der Waals surface area contributed by atoms with Crippen LogP contribution in [0.3, 0.4) is 0 Å². The lowest BCUT2D eigenvalue weighted by molar-refractivity contribution is 0.0161. The van der Waals surface area contributed by atoms with Gasteiger partial charge in [-0.1, -0.05) is 0 Å². The molecular formula is C16H17N3O4. The average Bonchev–Trinajstić information content (AvgIpc) is 3.04. The van der Waals surface area contributed by atoms with Crippen LogP contribution in [0.2, 0.25) is 0 Å². The second-order valence-corrected chi connectivity index (χ2v) is 6.05. The van der Waals surface area contributed by atoms with E-state index < -0.39 is 11.8 Å². The van der Waals surface area contributed by atoms with Gasteiger partial charge in [-0.15, -0.1) is 0 Å². The van der Waals surface area contributed by atoms with Gasteiger partial charge in [0, 0.05) is 17.0 Å². The highest BCUT2D eigenvalue weighted by atomic mass is 16.8. The predicted molar refractivity (Wildman–Crippen MR) is 85.1 cm³/mol. The van der Waals surface area contributed by atoms with E-state index in [4.69, 9.17) is 19.6 Å². The van der Waals surface area contributed by atoms with Gasteiger partial charge in [0.15, 0.2) is 5.82 Å². The van der Waals surface area contributed by atoms with Crippen molar-refractivity contribution in [2.75, 3.05) is 5.73 Å². The Labute approximate surface area is 132 Å². The molecule has 1 aromatic carbocycles. The number of nitrogens with zero attached hydrogens (tertiary/aromatic N) is 1. The van der Waals surface area contributed by atoms with Gasteiger partial charge in [0.05, 0.1) is 5.52 Å². The third-order valence-electron chi connectivity index (χ3n) is 3.03. The minimum atomic E-state index is -0.812. The van der Waals surface area contributed by atoms with E-state index >= 15 is 0 Å². The van der Waals surface area contributed by atoms with E-state index in [1.165, 1.54) is 0 Å². The molecule has 0 amide bonds. The summed E-state index contributed by atoms with van der Waals surface area (Å²) in [5.74, 6) is 1.03. The molecule has 0 aliphatic carbocycles. The number of nitrogen functional groups attached to an aromatic ring is 1. The van der Waals surface area contributed by atoms with Gasteiger partial charge in [-0.05, 0) is 45.0 Å². The van der Waals surface area contributed by atoms with Crippen LogP contribution in [0, 0.1) is 0 Å². The van der Waals surface area contributed by atoms with Gasteiger partial charge in [-0.2, -0.15) is 5.10 Å². The van der Waals surface area contributed by atoms with Crippen LogP contribution in [0.5, 0.6) is 5.95 Å². The van der Waals surface area contributed by atoms with E-state index in [-0.39, 0.29) is 5.95 Å². The van der Waals surface area contributed by atoms with Crippen LogP contribution in [0.1, 0.15) is 20.8 Å². The molecule has 0 saturated heterocycles. The number of nitrogens with two attached hydrogens (primary N) is 1. The van der Waals surface area contributed by atoms with Crippen LogP contribution in [0.25, 0.3) is 22.2 Å². The van der Waals surface area contributed by atoms with Crippen molar-refractivity contribution >= 4 is 22.9 Å². The largest absolute Gasteiger partial charge is 0.516 e. The highest BCUT2D eigenvalue weighted by Gasteiger charge is 2.19. The summed E-state index contributed by atoms with van der Waals surface area (Å²) in [7, 11) is 0. The number of rotatable bonds is 2. The molecule has 0 bridgehead atoms. The molecule has 0 atom stereocenters.